The molecule has 2 amide bonds. The van der Waals surface area contributed by atoms with Crippen molar-refractivity contribution in [2.24, 2.45) is 0 Å². The number of urea groups is 1. The van der Waals surface area contributed by atoms with Gasteiger partial charge in [-0.1, -0.05) is 0 Å². The van der Waals surface area contributed by atoms with Gasteiger partial charge in [-0.25, -0.2) is 17.6 Å². The zero-order valence-corrected chi connectivity index (χ0v) is 14.8. The number of carbonyl (C=O) groups is 1. The molecule has 1 unspecified atom stereocenters. The quantitative estimate of drug-likeness (QED) is 0.808. The first-order valence-electron chi connectivity index (χ1n) is 7.94. The lowest BCUT2D eigenvalue weighted by Crippen LogP contribution is -2.27. The molecule has 2 aromatic carbocycles. The fraction of sp³-hybridized carbons (Fsp3) is 0.235. The Bertz CT molecular complexity index is 883. The van der Waals surface area contributed by atoms with Crippen LogP contribution in [0.15, 0.2) is 53.4 Å². The molecule has 0 aromatic heterocycles. The molecule has 1 saturated heterocycles. The van der Waals surface area contributed by atoms with Gasteiger partial charge in [0.1, 0.15) is 5.75 Å². The summed E-state index contributed by atoms with van der Waals surface area (Å²) in [5.74, 6) is 0.302. The van der Waals surface area contributed by atoms with Gasteiger partial charge in [-0.3, -0.25) is 9.62 Å². The van der Waals surface area contributed by atoms with E-state index >= 15 is 0 Å². The Morgan fingerprint density at radius 3 is 2.35 bits per heavy atom. The molecule has 1 heterocycles. The Morgan fingerprint density at radius 1 is 1.15 bits per heavy atom. The standard InChI is InChI=1S/C17H18FN3O4S/c1-12(18)25-15-6-2-13(3-7-15)20-26(23,24)16-8-4-14(5-9-16)21-11-10-19-17(21)22/h2-9,12,20H,10-11H2,1H3,(H,19,22). The van der Waals surface area contributed by atoms with Crippen molar-refractivity contribution in [3.8, 4) is 5.75 Å². The molecule has 7 nitrogen and oxygen atoms in total. The summed E-state index contributed by atoms with van der Waals surface area (Å²) in [6.07, 6.45) is -1.45. The molecule has 9 heteroatoms. The van der Waals surface area contributed by atoms with E-state index in [0.717, 1.165) is 0 Å². The van der Waals surface area contributed by atoms with Gasteiger partial charge in [-0.2, -0.15) is 0 Å². The average molecular weight is 379 g/mol. The van der Waals surface area contributed by atoms with Crippen LogP contribution < -0.4 is 19.7 Å². The lowest BCUT2D eigenvalue weighted by Gasteiger charge is -2.15. The Balaban J connectivity index is 1.72. The van der Waals surface area contributed by atoms with Crippen molar-refractivity contribution in [1.82, 2.24) is 5.32 Å². The van der Waals surface area contributed by atoms with Crippen LogP contribution in [-0.2, 0) is 10.0 Å². The first-order chi connectivity index (χ1) is 12.3. The normalized spacial score (nSPS) is 15.5. The number of ether oxygens (including phenoxy) is 1. The van der Waals surface area contributed by atoms with Crippen LogP contribution in [0, 0.1) is 0 Å². The number of nitrogens with one attached hydrogen (secondary N) is 2. The Hall–Kier alpha value is -2.81. The molecule has 2 aromatic rings. The molecule has 0 aliphatic carbocycles. The molecule has 0 bridgehead atoms. The minimum Gasteiger partial charge on any atom is -0.461 e. The highest BCUT2D eigenvalue weighted by molar-refractivity contribution is 7.92. The zero-order valence-electron chi connectivity index (χ0n) is 14.0. The van der Waals surface area contributed by atoms with E-state index in [9.17, 15) is 17.6 Å². The van der Waals surface area contributed by atoms with Gasteiger partial charge in [0, 0.05) is 31.4 Å². The van der Waals surface area contributed by atoms with Crippen molar-refractivity contribution >= 4 is 27.4 Å². The van der Waals surface area contributed by atoms with E-state index in [2.05, 4.69) is 10.0 Å². The van der Waals surface area contributed by atoms with Crippen molar-refractivity contribution in [1.29, 1.82) is 0 Å². The first kappa shape index (κ1) is 18.0. The van der Waals surface area contributed by atoms with Crippen molar-refractivity contribution in [3.63, 3.8) is 0 Å². The maximum absolute atomic E-state index is 12.8. The lowest BCUT2D eigenvalue weighted by atomic mass is 10.3. The summed E-state index contributed by atoms with van der Waals surface area (Å²) < 4.78 is 45.0. The van der Waals surface area contributed by atoms with Crippen LogP contribution in [0.25, 0.3) is 0 Å². The SMILES string of the molecule is CC(F)Oc1ccc(NS(=O)(=O)c2ccc(N3CCNC3=O)cc2)cc1. The fourth-order valence-electron chi connectivity index (χ4n) is 2.53. The lowest BCUT2D eigenvalue weighted by molar-refractivity contribution is 0.0861. The smallest absolute Gasteiger partial charge is 0.321 e. The summed E-state index contributed by atoms with van der Waals surface area (Å²) in [7, 11) is -3.79. The van der Waals surface area contributed by atoms with E-state index in [4.69, 9.17) is 4.74 Å². The van der Waals surface area contributed by atoms with Crippen molar-refractivity contribution < 1.29 is 22.3 Å². The third-order valence-electron chi connectivity index (χ3n) is 3.72. The Labute approximate surface area is 150 Å². The third-order valence-corrected chi connectivity index (χ3v) is 5.12. The van der Waals surface area contributed by atoms with Crippen molar-refractivity contribution in [3.05, 3.63) is 48.5 Å². The molecule has 1 atom stereocenters. The second-order valence-electron chi connectivity index (χ2n) is 5.67. The maximum atomic E-state index is 12.8. The van der Waals surface area contributed by atoms with Gasteiger partial charge in [0.15, 0.2) is 0 Å². The molecular weight excluding hydrogens is 361 g/mol. The maximum Gasteiger partial charge on any atom is 0.321 e. The van der Waals surface area contributed by atoms with Crippen LogP contribution in [0.3, 0.4) is 0 Å². The molecule has 0 radical (unpaired) electrons. The summed E-state index contributed by atoms with van der Waals surface area (Å²) >= 11 is 0. The van der Waals surface area contributed by atoms with Gasteiger partial charge < -0.3 is 10.1 Å². The molecule has 1 aliphatic rings. The molecule has 26 heavy (non-hydrogen) atoms. The van der Waals surface area contributed by atoms with Crippen LogP contribution in [0.4, 0.5) is 20.6 Å². The summed E-state index contributed by atoms with van der Waals surface area (Å²) in [5.41, 5.74) is 0.952. The van der Waals surface area contributed by atoms with Gasteiger partial charge >= 0.3 is 6.03 Å². The number of amides is 2. The molecule has 2 N–H and O–H groups in total. The van der Waals surface area contributed by atoms with Gasteiger partial charge in [0.2, 0.25) is 6.36 Å². The van der Waals surface area contributed by atoms with Crippen LogP contribution in [-0.4, -0.2) is 33.9 Å². The number of sulfonamides is 1. The summed E-state index contributed by atoms with van der Waals surface area (Å²) in [4.78, 5) is 13.2. The number of hydrogen-bond donors (Lipinski definition) is 2. The molecule has 1 aliphatic heterocycles. The third kappa shape index (κ3) is 4.05. The Morgan fingerprint density at radius 2 is 1.81 bits per heavy atom. The molecule has 138 valence electrons. The van der Waals surface area contributed by atoms with Gasteiger partial charge in [-0.05, 0) is 48.5 Å². The fourth-order valence-corrected chi connectivity index (χ4v) is 3.58. The Kier molecular flexibility index (Phi) is 4.99. The number of carbonyl (C=O) groups excluding carboxylic acids is 1. The number of nitrogens with zero attached hydrogens (tertiary/aromatic N) is 1. The van der Waals surface area contributed by atoms with E-state index in [1.54, 1.807) is 12.1 Å². The number of alkyl halides is 1. The molecular formula is C17H18FN3O4S. The second-order valence-corrected chi connectivity index (χ2v) is 7.35. The van der Waals surface area contributed by atoms with E-state index in [-0.39, 0.29) is 10.9 Å². The molecule has 0 saturated carbocycles. The number of halogens is 1. The monoisotopic (exact) mass is 379 g/mol. The number of hydrogen-bond acceptors (Lipinski definition) is 4. The largest absolute Gasteiger partial charge is 0.461 e. The predicted octanol–water partition coefficient (Wildman–Crippen LogP) is 2.71. The second kappa shape index (κ2) is 7.20. The highest BCUT2D eigenvalue weighted by Gasteiger charge is 2.22. The number of rotatable bonds is 6. The van der Waals surface area contributed by atoms with Gasteiger partial charge in [0.25, 0.3) is 10.0 Å². The molecule has 3 rings (SSSR count). The van der Waals surface area contributed by atoms with E-state index < -0.39 is 16.4 Å². The summed E-state index contributed by atoms with van der Waals surface area (Å²) in [6, 6.07) is 11.8. The highest BCUT2D eigenvalue weighted by atomic mass is 32.2. The van der Waals surface area contributed by atoms with Crippen molar-refractivity contribution in [2.45, 2.75) is 18.2 Å². The molecule has 0 spiro atoms. The number of anilines is 2. The zero-order chi connectivity index (χ0) is 18.7. The van der Waals surface area contributed by atoms with Crippen LogP contribution in [0.5, 0.6) is 5.75 Å². The number of benzene rings is 2. The van der Waals surface area contributed by atoms with Gasteiger partial charge in [0.05, 0.1) is 4.90 Å². The van der Waals surface area contributed by atoms with Crippen molar-refractivity contribution in [2.75, 3.05) is 22.7 Å². The van der Waals surface area contributed by atoms with Gasteiger partial charge in [-0.15, -0.1) is 0 Å². The first-order valence-corrected chi connectivity index (χ1v) is 9.42. The minimum atomic E-state index is -3.79. The van der Waals surface area contributed by atoms with E-state index in [0.29, 0.717) is 30.2 Å². The predicted molar refractivity (Wildman–Crippen MR) is 95.6 cm³/mol. The van der Waals surface area contributed by atoms with Crippen LogP contribution in [0.2, 0.25) is 0 Å². The van der Waals surface area contributed by atoms with E-state index in [1.807, 2.05) is 0 Å². The average Bonchev–Trinajstić information content (AvgIpc) is 3.02. The molecule has 1 fully saturated rings. The van der Waals surface area contributed by atoms with Crippen LogP contribution >= 0.6 is 0 Å². The van der Waals surface area contributed by atoms with Crippen LogP contribution in [0.1, 0.15) is 6.92 Å². The summed E-state index contributed by atoms with van der Waals surface area (Å²) in [5, 5.41) is 2.68. The minimum absolute atomic E-state index is 0.0681. The van der Waals surface area contributed by atoms with E-state index in [1.165, 1.54) is 48.2 Å². The summed E-state index contributed by atoms with van der Waals surface area (Å²) in [6.45, 7) is 2.35. The highest BCUT2D eigenvalue weighted by Crippen LogP contribution is 2.23. The topological polar surface area (TPSA) is 87.7 Å².